The minimum atomic E-state index is -4.43. The Morgan fingerprint density at radius 2 is 1.49 bits per heavy atom. The van der Waals surface area contributed by atoms with E-state index in [4.69, 9.17) is 4.98 Å². The number of aromatic nitrogens is 5. The zero-order chi connectivity index (χ0) is 28.9. The van der Waals surface area contributed by atoms with Gasteiger partial charge in [0.05, 0.1) is 52.2 Å². The third kappa shape index (κ3) is 4.77. The van der Waals surface area contributed by atoms with Crippen molar-refractivity contribution in [3.63, 3.8) is 0 Å². The normalized spacial score (nSPS) is 14.3. The third-order valence-corrected chi connectivity index (χ3v) is 7.13. The van der Waals surface area contributed by atoms with E-state index in [0.29, 0.717) is 40.3 Å². The molecule has 0 unspecified atom stereocenters. The molecule has 0 radical (unpaired) electrons. The van der Waals surface area contributed by atoms with Crippen LogP contribution in [-0.2, 0) is 12.7 Å². The number of hydrogen-bond donors (Lipinski definition) is 0. The molecular formula is C30H25F3N6O2. The van der Waals surface area contributed by atoms with Crippen molar-refractivity contribution in [2.75, 3.05) is 0 Å². The van der Waals surface area contributed by atoms with Crippen LogP contribution in [0.5, 0.6) is 0 Å². The van der Waals surface area contributed by atoms with Gasteiger partial charge in [-0.3, -0.25) is 14.5 Å². The summed E-state index contributed by atoms with van der Waals surface area (Å²) < 4.78 is 42.3. The number of alkyl halides is 3. The number of fused-ring (bicyclic) bond motifs is 2. The summed E-state index contributed by atoms with van der Waals surface area (Å²) in [6.07, 6.45) is -2.30. The molecule has 41 heavy (non-hydrogen) atoms. The second kappa shape index (κ2) is 9.99. The summed E-state index contributed by atoms with van der Waals surface area (Å²) >= 11 is 0. The topological polar surface area (TPSA) is 85.9 Å². The summed E-state index contributed by atoms with van der Waals surface area (Å²) in [4.78, 5) is 33.2. The van der Waals surface area contributed by atoms with Crippen LogP contribution in [0, 0.1) is 5.92 Å². The molecule has 0 N–H and O–H groups in total. The summed E-state index contributed by atoms with van der Waals surface area (Å²) in [5.41, 5.74) is 2.43. The van der Waals surface area contributed by atoms with Gasteiger partial charge in [0.25, 0.3) is 11.8 Å². The number of rotatable bonds is 7. The van der Waals surface area contributed by atoms with Gasteiger partial charge in [-0.05, 0) is 60.9 Å². The summed E-state index contributed by atoms with van der Waals surface area (Å²) in [7, 11) is 0. The molecule has 0 bridgehead atoms. The van der Waals surface area contributed by atoms with Crippen molar-refractivity contribution in [3.05, 3.63) is 107 Å². The van der Waals surface area contributed by atoms with Crippen LogP contribution in [-0.4, -0.2) is 41.3 Å². The average molecular weight is 559 g/mol. The predicted molar refractivity (Wildman–Crippen MR) is 144 cm³/mol. The van der Waals surface area contributed by atoms with E-state index in [1.807, 2.05) is 42.7 Å². The molecule has 3 aromatic carbocycles. The van der Waals surface area contributed by atoms with E-state index in [0.717, 1.165) is 17.6 Å². The van der Waals surface area contributed by atoms with E-state index in [1.54, 1.807) is 30.5 Å². The fourth-order valence-corrected chi connectivity index (χ4v) is 5.24. The number of halogens is 3. The second-order valence-electron chi connectivity index (χ2n) is 10.4. The second-order valence-corrected chi connectivity index (χ2v) is 10.4. The number of benzene rings is 3. The fraction of sp³-hybridized carbons (Fsp3) is 0.233. The van der Waals surface area contributed by atoms with Gasteiger partial charge in [-0.2, -0.15) is 13.2 Å². The number of para-hydroxylation sites is 2. The number of imide groups is 1. The largest absolute Gasteiger partial charge is 0.416 e. The number of nitrogens with zero attached hydrogens (tertiary/aromatic N) is 6. The maximum absolute atomic E-state index is 13.5. The summed E-state index contributed by atoms with van der Waals surface area (Å²) in [5, 5.41) is 8.38. The van der Waals surface area contributed by atoms with Gasteiger partial charge in [0.15, 0.2) is 0 Å². The van der Waals surface area contributed by atoms with Crippen molar-refractivity contribution in [2.24, 2.45) is 5.92 Å². The Labute approximate surface area is 233 Å². The van der Waals surface area contributed by atoms with Crippen molar-refractivity contribution >= 4 is 22.8 Å². The molecule has 5 aromatic rings. The number of carbonyl (C=O) groups is 2. The van der Waals surface area contributed by atoms with Gasteiger partial charge in [0.2, 0.25) is 0 Å². The van der Waals surface area contributed by atoms with Crippen LogP contribution in [0.25, 0.3) is 16.7 Å². The highest BCUT2D eigenvalue weighted by Crippen LogP contribution is 2.36. The van der Waals surface area contributed by atoms with Crippen molar-refractivity contribution in [1.82, 2.24) is 29.4 Å². The SMILES string of the molecule is CC(C)C[C@H](c1nc2ccccc2n1Cc1cn(-c2ccc(C(F)(F)F)cc2)nn1)N1C(=O)c2ccccc2C1=O. The molecule has 6 rings (SSSR count). The first-order valence-electron chi connectivity index (χ1n) is 13.1. The van der Waals surface area contributed by atoms with Gasteiger partial charge in [0, 0.05) is 0 Å². The molecule has 1 aliphatic rings. The summed E-state index contributed by atoms with van der Waals surface area (Å²) in [5.74, 6) is -0.0391. The molecule has 1 aliphatic heterocycles. The van der Waals surface area contributed by atoms with Crippen LogP contribution >= 0.6 is 0 Å². The molecule has 0 fully saturated rings. The zero-order valence-corrected chi connectivity index (χ0v) is 22.2. The molecule has 0 spiro atoms. The molecule has 8 nitrogen and oxygen atoms in total. The molecule has 0 aliphatic carbocycles. The standard InChI is InChI=1S/C30H25F3N6O2/c1-18(2)15-26(39-28(40)22-7-3-4-8-23(22)29(39)41)27-34-24-9-5-6-10-25(24)37(27)16-20-17-38(36-35-20)21-13-11-19(12-14-21)30(31,32)33/h3-14,17-18,26H,15-16H2,1-2H3/t26-/m1/s1. The highest BCUT2D eigenvalue weighted by atomic mass is 19.4. The fourth-order valence-electron chi connectivity index (χ4n) is 5.24. The lowest BCUT2D eigenvalue weighted by Gasteiger charge is -2.28. The third-order valence-electron chi connectivity index (χ3n) is 7.13. The Kier molecular flexibility index (Phi) is 6.44. The van der Waals surface area contributed by atoms with E-state index in [1.165, 1.54) is 21.7 Å². The van der Waals surface area contributed by atoms with Gasteiger partial charge in [-0.15, -0.1) is 5.10 Å². The minimum absolute atomic E-state index is 0.137. The van der Waals surface area contributed by atoms with E-state index < -0.39 is 17.8 Å². The van der Waals surface area contributed by atoms with Gasteiger partial charge in [-0.1, -0.05) is 43.3 Å². The lowest BCUT2D eigenvalue weighted by atomic mass is 10.0. The number of hydrogen-bond acceptors (Lipinski definition) is 5. The molecule has 11 heteroatoms. The average Bonchev–Trinajstić information content (AvgIpc) is 3.63. The summed E-state index contributed by atoms with van der Waals surface area (Å²) in [6.45, 7) is 4.26. The Balaban J connectivity index is 1.39. The quantitative estimate of drug-likeness (QED) is 0.227. The number of imidazole rings is 1. The Hall–Kier alpha value is -4.80. The Morgan fingerprint density at radius 3 is 2.12 bits per heavy atom. The van der Waals surface area contributed by atoms with Crippen molar-refractivity contribution < 1.29 is 22.8 Å². The van der Waals surface area contributed by atoms with Gasteiger partial charge in [0.1, 0.15) is 11.5 Å². The lowest BCUT2D eigenvalue weighted by molar-refractivity contribution is -0.137. The number of carbonyl (C=O) groups excluding carboxylic acids is 2. The maximum Gasteiger partial charge on any atom is 0.416 e. The van der Waals surface area contributed by atoms with Gasteiger partial charge < -0.3 is 4.57 Å². The first-order valence-corrected chi connectivity index (χ1v) is 13.1. The molecule has 2 amide bonds. The van der Waals surface area contributed by atoms with Crippen LogP contribution in [0.4, 0.5) is 13.2 Å². The molecule has 0 saturated carbocycles. The van der Waals surface area contributed by atoms with Crippen LogP contribution in [0.1, 0.15) is 64.1 Å². The van der Waals surface area contributed by atoms with Crippen LogP contribution in [0.3, 0.4) is 0 Å². The van der Waals surface area contributed by atoms with Crippen molar-refractivity contribution in [3.8, 4) is 5.69 Å². The van der Waals surface area contributed by atoms with Crippen LogP contribution < -0.4 is 0 Å². The highest BCUT2D eigenvalue weighted by molar-refractivity contribution is 6.21. The van der Waals surface area contributed by atoms with E-state index >= 15 is 0 Å². The van der Waals surface area contributed by atoms with E-state index in [-0.39, 0.29) is 24.3 Å². The molecular weight excluding hydrogens is 533 g/mol. The number of amides is 2. The van der Waals surface area contributed by atoms with Crippen LogP contribution in [0.15, 0.2) is 79.0 Å². The van der Waals surface area contributed by atoms with Crippen LogP contribution in [0.2, 0.25) is 0 Å². The molecule has 1 atom stereocenters. The van der Waals surface area contributed by atoms with Crippen molar-refractivity contribution in [2.45, 2.75) is 39.0 Å². The van der Waals surface area contributed by atoms with E-state index in [2.05, 4.69) is 10.3 Å². The molecule has 3 heterocycles. The van der Waals surface area contributed by atoms with E-state index in [9.17, 15) is 22.8 Å². The first-order chi connectivity index (χ1) is 19.6. The molecule has 2 aromatic heterocycles. The van der Waals surface area contributed by atoms with Gasteiger partial charge in [-0.25, -0.2) is 9.67 Å². The monoisotopic (exact) mass is 558 g/mol. The predicted octanol–water partition coefficient (Wildman–Crippen LogP) is 6.07. The summed E-state index contributed by atoms with van der Waals surface area (Å²) in [6, 6.07) is 18.3. The minimum Gasteiger partial charge on any atom is -0.320 e. The Morgan fingerprint density at radius 1 is 0.854 bits per heavy atom. The first kappa shape index (κ1) is 26.4. The highest BCUT2D eigenvalue weighted by Gasteiger charge is 2.42. The van der Waals surface area contributed by atoms with Gasteiger partial charge >= 0.3 is 6.18 Å². The smallest absolute Gasteiger partial charge is 0.320 e. The lowest BCUT2D eigenvalue weighted by Crippen LogP contribution is -2.36. The maximum atomic E-state index is 13.5. The molecule has 208 valence electrons. The van der Waals surface area contributed by atoms with Crippen molar-refractivity contribution in [1.29, 1.82) is 0 Å². The zero-order valence-electron chi connectivity index (χ0n) is 22.2. The molecule has 0 saturated heterocycles. The Bertz CT molecular complexity index is 1740.